The predicted octanol–water partition coefficient (Wildman–Crippen LogP) is 3.37. The maximum Gasteiger partial charge on any atom is 0.224 e. The van der Waals surface area contributed by atoms with Gasteiger partial charge >= 0.3 is 0 Å². The Morgan fingerprint density at radius 2 is 2.05 bits per heavy atom. The van der Waals surface area contributed by atoms with Gasteiger partial charge in [-0.05, 0) is 54.5 Å². The van der Waals surface area contributed by atoms with Crippen molar-refractivity contribution in [2.24, 2.45) is 0 Å². The molecule has 2 aromatic rings. The molecule has 0 aliphatic rings. The molecule has 19 heavy (non-hydrogen) atoms. The summed E-state index contributed by atoms with van der Waals surface area (Å²) in [5, 5.41) is 3.14. The number of aromatic nitrogens is 2. The lowest BCUT2D eigenvalue weighted by atomic mass is 10.1. The van der Waals surface area contributed by atoms with E-state index in [1.807, 2.05) is 20.0 Å². The SMILES string of the molecule is CNCc1c(C)cc(C)nc1Oc1cncc(Br)c1. The number of hydrogen-bond acceptors (Lipinski definition) is 4. The van der Waals surface area contributed by atoms with Crippen LogP contribution in [0.4, 0.5) is 0 Å². The summed E-state index contributed by atoms with van der Waals surface area (Å²) in [6.45, 7) is 4.74. The average Bonchev–Trinajstić information content (AvgIpc) is 2.33. The molecule has 2 heterocycles. The Balaban J connectivity index is 2.38. The molecule has 0 saturated carbocycles. The lowest BCUT2D eigenvalue weighted by Crippen LogP contribution is -2.09. The molecule has 0 amide bonds. The average molecular weight is 322 g/mol. The molecule has 0 aliphatic carbocycles. The second-order valence-corrected chi connectivity index (χ2v) is 5.25. The Bertz CT molecular complexity index is 587. The number of halogens is 1. The maximum absolute atomic E-state index is 5.86. The van der Waals surface area contributed by atoms with E-state index in [9.17, 15) is 0 Å². The number of rotatable bonds is 4. The molecule has 0 aromatic carbocycles. The summed E-state index contributed by atoms with van der Waals surface area (Å²) < 4.78 is 6.74. The zero-order chi connectivity index (χ0) is 13.8. The quantitative estimate of drug-likeness (QED) is 0.937. The van der Waals surface area contributed by atoms with Crippen LogP contribution in [0.5, 0.6) is 11.6 Å². The molecule has 4 nitrogen and oxygen atoms in total. The molecule has 100 valence electrons. The number of hydrogen-bond donors (Lipinski definition) is 1. The Labute approximate surface area is 121 Å². The van der Waals surface area contributed by atoms with E-state index in [4.69, 9.17) is 4.74 Å². The van der Waals surface area contributed by atoms with Gasteiger partial charge < -0.3 is 10.1 Å². The van der Waals surface area contributed by atoms with Crippen LogP contribution in [0.15, 0.2) is 29.0 Å². The summed E-state index contributed by atoms with van der Waals surface area (Å²) in [5.74, 6) is 1.30. The van der Waals surface area contributed by atoms with Crippen molar-refractivity contribution in [2.45, 2.75) is 20.4 Å². The molecule has 0 spiro atoms. The smallest absolute Gasteiger partial charge is 0.224 e. The molecule has 0 saturated heterocycles. The summed E-state index contributed by atoms with van der Waals surface area (Å²) in [5.41, 5.74) is 3.17. The number of aryl methyl sites for hydroxylation is 2. The van der Waals surface area contributed by atoms with Gasteiger partial charge in [0, 0.05) is 28.5 Å². The predicted molar refractivity (Wildman–Crippen MR) is 78.5 cm³/mol. The lowest BCUT2D eigenvalue weighted by molar-refractivity contribution is 0.450. The first-order valence-electron chi connectivity index (χ1n) is 6.00. The Morgan fingerprint density at radius 1 is 1.26 bits per heavy atom. The van der Waals surface area contributed by atoms with Gasteiger partial charge in [0.25, 0.3) is 0 Å². The molecule has 1 N–H and O–H groups in total. The molecule has 2 rings (SSSR count). The first kappa shape index (κ1) is 14.0. The topological polar surface area (TPSA) is 47.0 Å². The third-order valence-corrected chi connectivity index (χ3v) is 3.12. The largest absolute Gasteiger partial charge is 0.437 e. The highest BCUT2D eigenvalue weighted by atomic mass is 79.9. The highest BCUT2D eigenvalue weighted by Gasteiger charge is 2.11. The normalized spacial score (nSPS) is 10.5. The third-order valence-electron chi connectivity index (χ3n) is 2.69. The van der Waals surface area contributed by atoms with Gasteiger partial charge in [-0.3, -0.25) is 4.98 Å². The lowest BCUT2D eigenvalue weighted by Gasteiger charge is -2.13. The summed E-state index contributed by atoms with van der Waals surface area (Å²) in [6, 6.07) is 3.92. The van der Waals surface area contributed by atoms with Crippen molar-refractivity contribution in [1.82, 2.24) is 15.3 Å². The van der Waals surface area contributed by atoms with Crippen molar-refractivity contribution in [3.63, 3.8) is 0 Å². The van der Waals surface area contributed by atoms with Crippen molar-refractivity contribution in [3.8, 4) is 11.6 Å². The minimum atomic E-state index is 0.631. The van der Waals surface area contributed by atoms with Crippen LogP contribution >= 0.6 is 15.9 Å². The minimum Gasteiger partial charge on any atom is -0.437 e. The molecule has 5 heteroatoms. The van der Waals surface area contributed by atoms with Crippen LogP contribution in [0.25, 0.3) is 0 Å². The van der Waals surface area contributed by atoms with Crippen LogP contribution in [0.2, 0.25) is 0 Å². The fourth-order valence-electron chi connectivity index (χ4n) is 1.87. The zero-order valence-corrected chi connectivity index (χ0v) is 12.8. The van der Waals surface area contributed by atoms with Gasteiger partial charge in [-0.1, -0.05) is 0 Å². The van der Waals surface area contributed by atoms with Gasteiger partial charge in [0.05, 0.1) is 6.20 Å². The summed E-state index contributed by atoms with van der Waals surface area (Å²) in [6.07, 6.45) is 3.39. The highest BCUT2D eigenvalue weighted by Crippen LogP contribution is 2.27. The standard InChI is InChI=1S/C14H16BrN3O/c1-9-4-10(2)18-14(13(9)8-16-3)19-12-5-11(15)6-17-7-12/h4-7,16H,8H2,1-3H3. The van der Waals surface area contributed by atoms with Crippen LogP contribution in [0, 0.1) is 13.8 Å². The highest BCUT2D eigenvalue weighted by molar-refractivity contribution is 9.10. The molecular formula is C14H16BrN3O. The minimum absolute atomic E-state index is 0.631. The molecule has 0 unspecified atom stereocenters. The van der Waals surface area contributed by atoms with Gasteiger partial charge in [0.2, 0.25) is 5.88 Å². The van der Waals surface area contributed by atoms with Crippen molar-refractivity contribution in [1.29, 1.82) is 0 Å². The second kappa shape index (κ2) is 6.12. The Hall–Kier alpha value is -1.46. The van der Waals surface area contributed by atoms with Gasteiger partial charge in [-0.25, -0.2) is 4.98 Å². The van der Waals surface area contributed by atoms with Crippen LogP contribution in [-0.2, 0) is 6.54 Å². The van der Waals surface area contributed by atoms with Crippen LogP contribution in [0.1, 0.15) is 16.8 Å². The summed E-state index contributed by atoms with van der Waals surface area (Å²) >= 11 is 3.38. The molecule has 0 atom stereocenters. The molecule has 0 fully saturated rings. The Morgan fingerprint density at radius 3 is 2.74 bits per heavy atom. The van der Waals surface area contributed by atoms with E-state index < -0.39 is 0 Å². The molecule has 0 bridgehead atoms. The van der Waals surface area contributed by atoms with Gasteiger partial charge in [0.15, 0.2) is 0 Å². The van der Waals surface area contributed by atoms with E-state index in [1.54, 1.807) is 12.4 Å². The fraction of sp³-hybridized carbons (Fsp3) is 0.286. The first-order valence-corrected chi connectivity index (χ1v) is 6.79. The number of nitrogens with one attached hydrogen (secondary N) is 1. The van der Waals surface area contributed by atoms with E-state index in [0.29, 0.717) is 11.6 Å². The van der Waals surface area contributed by atoms with Crippen molar-refractivity contribution in [3.05, 3.63) is 45.8 Å². The molecule has 0 aliphatic heterocycles. The second-order valence-electron chi connectivity index (χ2n) is 4.34. The summed E-state index contributed by atoms with van der Waals surface area (Å²) in [7, 11) is 1.91. The van der Waals surface area contributed by atoms with Gasteiger partial charge in [0.1, 0.15) is 5.75 Å². The van der Waals surface area contributed by atoms with Crippen molar-refractivity contribution in [2.75, 3.05) is 7.05 Å². The number of nitrogens with zero attached hydrogens (tertiary/aromatic N) is 2. The van der Waals surface area contributed by atoms with E-state index in [-0.39, 0.29) is 0 Å². The van der Waals surface area contributed by atoms with Crippen LogP contribution in [-0.4, -0.2) is 17.0 Å². The van der Waals surface area contributed by atoms with E-state index in [2.05, 4.69) is 44.2 Å². The zero-order valence-electron chi connectivity index (χ0n) is 11.2. The molecular weight excluding hydrogens is 306 g/mol. The van der Waals surface area contributed by atoms with Crippen molar-refractivity contribution >= 4 is 15.9 Å². The van der Waals surface area contributed by atoms with Gasteiger partial charge in [-0.15, -0.1) is 0 Å². The monoisotopic (exact) mass is 321 g/mol. The van der Waals surface area contributed by atoms with E-state index >= 15 is 0 Å². The van der Waals surface area contributed by atoms with Crippen molar-refractivity contribution < 1.29 is 4.74 Å². The molecule has 0 radical (unpaired) electrons. The van der Waals surface area contributed by atoms with E-state index in [1.165, 1.54) is 5.56 Å². The number of pyridine rings is 2. The third kappa shape index (κ3) is 3.52. The first-order chi connectivity index (χ1) is 9.10. The van der Waals surface area contributed by atoms with Crippen LogP contribution in [0.3, 0.4) is 0 Å². The van der Waals surface area contributed by atoms with Crippen LogP contribution < -0.4 is 10.1 Å². The maximum atomic E-state index is 5.86. The Kier molecular flexibility index (Phi) is 4.50. The summed E-state index contributed by atoms with van der Waals surface area (Å²) in [4.78, 5) is 8.56. The van der Waals surface area contributed by atoms with Gasteiger partial charge in [-0.2, -0.15) is 0 Å². The molecule has 2 aromatic heterocycles. The number of ether oxygens (including phenoxy) is 1. The van der Waals surface area contributed by atoms with E-state index in [0.717, 1.165) is 22.3 Å². The fourth-order valence-corrected chi connectivity index (χ4v) is 2.21.